The topological polar surface area (TPSA) is 48.1 Å². The minimum absolute atomic E-state index is 0.148. The summed E-state index contributed by atoms with van der Waals surface area (Å²) in [4.78, 5) is 9.00. The Bertz CT molecular complexity index is 515. The van der Waals surface area contributed by atoms with Crippen LogP contribution < -0.4 is 5.90 Å². The molecule has 0 radical (unpaired) electrons. The highest BCUT2D eigenvalue weighted by Gasteiger charge is 2.45. The number of fused-ring (bicyclic) bond motifs is 1. The Hall–Kier alpha value is -1.45. The summed E-state index contributed by atoms with van der Waals surface area (Å²) < 4.78 is 0. The summed E-state index contributed by atoms with van der Waals surface area (Å²) in [5.74, 6) is 5.22. The molecule has 3 heteroatoms. The third-order valence-corrected chi connectivity index (χ3v) is 3.47. The van der Waals surface area contributed by atoms with Crippen molar-refractivity contribution in [3.8, 4) is 0 Å². The predicted octanol–water partition coefficient (Wildman–Crippen LogP) is 2.16. The van der Waals surface area contributed by atoms with Crippen LogP contribution in [0.2, 0.25) is 0 Å². The lowest BCUT2D eigenvalue weighted by atomic mass is 9.92. The Morgan fingerprint density at radius 2 is 2.19 bits per heavy atom. The Labute approximate surface area is 94.2 Å². The molecule has 82 valence electrons. The molecular weight excluding hydrogens is 200 g/mol. The molecule has 1 saturated carbocycles. The van der Waals surface area contributed by atoms with Crippen molar-refractivity contribution in [1.82, 2.24) is 4.98 Å². The van der Waals surface area contributed by atoms with E-state index in [9.17, 15) is 0 Å². The second-order valence-corrected chi connectivity index (χ2v) is 4.49. The lowest BCUT2D eigenvalue weighted by Crippen LogP contribution is -2.18. The molecule has 1 fully saturated rings. The van der Waals surface area contributed by atoms with Crippen LogP contribution in [0.3, 0.4) is 0 Å². The number of hydrogen-bond donors (Lipinski definition) is 1. The van der Waals surface area contributed by atoms with Crippen molar-refractivity contribution in [3.05, 3.63) is 42.2 Å². The van der Waals surface area contributed by atoms with E-state index >= 15 is 0 Å². The molecule has 0 amide bonds. The first kappa shape index (κ1) is 9.75. The Morgan fingerprint density at radius 1 is 1.31 bits per heavy atom. The number of rotatable bonds is 3. The fourth-order valence-corrected chi connectivity index (χ4v) is 2.39. The number of aromatic nitrogens is 1. The maximum absolute atomic E-state index is 5.22. The van der Waals surface area contributed by atoms with Crippen molar-refractivity contribution in [2.24, 2.45) is 5.90 Å². The second-order valence-electron chi connectivity index (χ2n) is 4.49. The first-order chi connectivity index (χ1) is 7.86. The van der Waals surface area contributed by atoms with Crippen LogP contribution in [0.5, 0.6) is 0 Å². The number of benzene rings is 1. The summed E-state index contributed by atoms with van der Waals surface area (Å²) >= 11 is 0. The first-order valence-electron chi connectivity index (χ1n) is 5.51. The molecule has 3 nitrogen and oxygen atoms in total. The number of hydrogen-bond acceptors (Lipinski definition) is 3. The van der Waals surface area contributed by atoms with Gasteiger partial charge in [-0.2, -0.15) is 0 Å². The van der Waals surface area contributed by atoms with Crippen LogP contribution in [0.1, 0.15) is 18.4 Å². The van der Waals surface area contributed by atoms with Crippen LogP contribution in [0.4, 0.5) is 0 Å². The zero-order valence-corrected chi connectivity index (χ0v) is 9.02. The Balaban J connectivity index is 2.17. The quantitative estimate of drug-likeness (QED) is 0.796. The van der Waals surface area contributed by atoms with Gasteiger partial charge in [0, 0.05) is 23.2 Å². The van der Waals surface area contributed by atoms with Gasteiger partial charge in [-0.15, -0.1) is 0 Å². The van der Waals surface area contributed by atoms with Gasteiger partial charge in [0.05, 0.1) is 6.61 Å². The zero-order chi connectivity index (χ0) is 11.0. The fraction of sp³-hybridized carbons (Fsp3) is 0.308. The minimum Gasteiger partial charge on any atom is -0.304 e. The molecule has 1 aliphatic carbocycles. The van der Waals surface area contributed by atoms with Gasteiger partial charge in [0.25, 0.3) is 0 Å². The van der Waals surface area contributed by atoms with Gasteiger partial charge in [-0.25, -0.2) is 5.90 Å². The van der Waals surface area contributed by atoms with Crippen LogP contribution >= 0.6 is 0 Å². The van der Waals surface area contributed by atoms with Gasteiger partial charge in [-0.3, -0.25) is 4.98 Å². The monoisotopic (exact) mass is 214 g/mol. The molecule has 0 saturated heterocycles. The van der Waals surface area contributed by atoms with Crippen LogP contribution in [-0.4, -0.2) is 11.6 Å². The van der Waals surface area contributed by atoms with Gasteiger partial charge >= 0.3 is 0 Å². The molecule has 0 spiro atoms. The van der Waals surface area contributed by atoms with Gasteiger partial charge in [0.15, 0.2) is 0 Å². The Kier molecular flexibility index (Phi) is 2.16. The number of nitrogens with two attached hydrogens (primary N) is 1. The van der Waals surface area contributed by atoms with E-state index in [1.807, 2.05) is 12.4 Å². The van der Waals surface area contributed by atoms with Crippen LogP contribution in [-0.2, 0) is 10.3 Å². The van der Waals surface area contributed by atoms with E-state index in [1.165, 1.54) is 16.3 Å². The zero-order valence-electron chi connectivity index (χ0n) is 9.02. The predicted molar refractivity (Wildman–Crippen MR) is 62.8 cm³/mol. The van der Waals surface area contributed by atoms with Gasteiger partial charge in [0.1, 0.15) is 0 Å². The first-order valence-corrected chi connectivity index (χ1v) is 5.51. The second kappa shape index (κ2) is 3.54. The lowest BCUT2D eigenvalue weighted by molar-refractivity contribution is 0.116. The highest BCUT2D eigenvalue weighted by atomic mass is 16.6. The van der Waals surface area contributed by atoms with E-state index in [0.717, 1.165) is 12.8 Å². The fourth-order valence-electron chi connectivity index (χ4n) is 2.39. The van der Waals surface area contributed by atoms with Crippen molar-refractivity contribution >= 4 is 10.8 Å². The molecule has 0 unspecified atom stereocenters. The average molecular weight is 214 g/mol. The molecule has 1 heterocycles. The van der Waals surface area contributed by atoms with Gasteiger partial charge in [-0.05, 0) is 29.9 Å². The van der Waals surface area contributed by atoms with Crippen molar-refractivity contribution in [1.29, 1.82) is 0 Å². The SMILES string of the molecule is NOCC1(c2cccc3cnccc23)CC1. The molecule has 0 aliphatic heterocycles. The minimum atomic E-state index is 0.148. The normalized spacial score (nSPS) is 17.6. The van der Waals surface area contributed by atoms with Gasteiger partial charge in [-0.1, -0.05) is 18.2 Å². The summed E-state index contributed by atoms with van der Waals surface area (Å²) in [5, 5.41) is 2.45. The van der Waals surface area contributed by atoms with E-state index in [4.69, 9.17) is 10.7 Å². The molecule has 3 rings (SSSR count). The van der Waals surface area contributed by atoms with E-state index in [2.05, 4.69) is 29.2 Å². The summed E-state index contributed by atoms with van der Waals surface area (Å²) in [6.07, 6.45) is 6.06. The third-order valence-electron chi connectivity index (χ3n) is 3.47. The summed E-state index contributed by atoms with van der Waals surface area (Å²) in [7, 11) is 0. The number of pyridine rings is 1. The van der Waals surface area contributed by atoms with Crippen molar-refractivity contribution < 1.29 is 4.84 Å². The summed E-state index contributed by atoms with van der Waals surface area (Å²) in [6, 6.07) is 8.41. The highest BCUT2D eigenvalue weighted by Crippen LogP contribution is 2.50. The Morgan fingerprint density at radius 3 is 2.94 bits per heavy atom. The molecule has 1 aromatic carbocycles. The van der Waals surface area contributed by atoms with Crippen LogP contribution in [0, 0.1) is 0 Å². The van der Waals surface area contributed by atoms with Crippen molar-refractivity contribution in [2.75, 3.05) is 6.61 Å². The molecule has 1 aromatic heterocycles. The average Bonchev–Trinajstić information content (AvgIpc) is 3.10. The standard InChI is InChI=1S/C13H14N2O/c14-16-9-13(5-6-13)12-3-1-2-10-8-15-7-4-11(10)12/h1-4,7-8H,5-6,9,14H2. The van der Waals surface area contributed by atoms with Gasteiger partial charge in [0.2, 0.25) is 0 Å². The lowest BCUT2D eigenvalue weighted by Gasteiger charge is -2.16. The van der Waals surface area contributed by atoms with Gasteiger partial charge < -0.3 is 4.84 Å². The van der Waals surface area contributed by atoms with Crippen LogP contribution in [0.25, 0.3) is 10.8 Å². The molecule has 0 atom stereocenters. The van der Waals surface area contributed by atoms with Crippen molar-refractivity contribution in [2.45, 2.75) is 18.3 Å². The molecule has 16 heavy (non-hydrogen) atoms. The van der Waals surface area contributed by atoms with Crippen molar-refractivity contribution in [3.63, 3.8) is 0 Å². The maximum Gasteiger partial charge on any atom is 0.0776 e. The molecule has 0 bridgehead atoms. The number of nitrogens with zero attached hydrogens (tertiary/aromatic N) is 1. The van der Waals surface area contributed by atoms with E-state index < -0.39 is 0 Å². The largest absolute Gasteiger partial charge is 0.304 e. The molecular formula is C13H14N2O. The van der Waals surface area contributed by atoms with E-state index in [0.29, 0.717) is 6.61 Å². The summed E-state index contributed by atoms with van der Waals surface area (Å²) in [6.45, 7) is 0.606. The highest BCUT2D eigenvalue weighted by molar-refractivity contribution is 5.86. The maximum atomic E-state index is 5.22. The molecule has 1 aliphatic rings. The molecule has 2 N–H and O–H groups in total. The van der Waals surface area contributed by atoms with E-state index in [-0.39, 0.29) is 5.41 Å². The molecule has 2 aromatic rings. The van der Waals surface area contributed by atoms with Crippen LogP contribution in [0.15, 0.2) is 36.7 Å². The van der Waals surface area contributed by atoms with E-state index in [1.54, 1.807) is 0 Å². The smallest absolute Gasteiger partial charge is 0.0776 e. The third kappa shape index (κ3) is 1.40. The summed E-state index contributed by atoms with van der Waals surface area (Å²) in [5.41, 5.74) is 1.49.